The van der Waals surface area contributed by atoms with Crippen LogP contribution >= 0.6 is 11.6 Å². The van der Waals surface area contributed by atoms with Crippen LogP contribution in [0.1, 0.15) is 6.92 Å². The first kappa shape index (κ1) is 39.1. The number of nitrogens with zero attached hydrogens (tertiary/aromatic N) is 3. The van der Waals surface area contributed by atoms with Crippen molar-refractivity contribution in [1.29, 1.82) is 0 Å². The number of pyridine rings is 2. The Morgan fingerprint density at radius 2 is 1.14 bits per heavy atom. The van der Waals surface area contributed by atoms with Crippen molar-refractivity contribution in [1.82, 2.24) is 9.97 Å². The van der Waals surface area contributed by atoms with Crippen LogP contribution < -0.4 is 24.4 Å². The van der Waals surface area contributed by atoms with Crippen LogP contribution in [0.2, 0.25) is 5.15 Å². The van der Waals surface area contributed by atoms with Crippen LogP contribution in [0.15, 0.2) is 102 Å². The van der Waals surface area contributed by atoms with Crippen LogP contribution in [0.4, 0.5) is 8.78 Å². The fourth-order valence-electron chi connectivity index (χ4n) is 4.42. The average Bonchev–Trinajstić information content (AvgIpc) is 3.14. The summed E-state index contributed by atoms with van der Waals surface area (Å²) >= 11 is 5.94. The maximum absolute atomic E-state index is 13.5. The monoisotopic (exact) mass is 703 g/mol. The van der Waals surface area contributed by atoms with Crippen molar-refractivity contribution >= 4 is 52.2 Å². The quantitative estimate of drug-likeness (QED) is 0.107. The Bertz CT molecular complexity index is 2030. The third kappa shape index (κ3) is 10.6. The molecule has 0 amide bonds. The molecule has 0 bridgehead atoms. The molecule has 260 valence electrons. The molecule has 0 aliphatic carbocycles. The first-order valence-corrected chi connectivity index (χ1v) is 15.4. The Balaban J connectivity index is 0.000000204. The van der Waals surface area contributed by atoms with Crippen molar-refractivity contribution in [2.24, 2.45) is 4.99 Å². The van der Waals surface area contributed by atoms with Crippen molar-refractivity contribution in [2.75, 3.05) is 35.5 Å². The van der Waals surface area contributed by atoms with Crippen LogP contribution in [-0.4, -0.2) is 68.8 Å². The van der Waals surface area contributed by atoms with E-state index in [0.29, 0.717) is 39.4 Å². The van der Waals surface area contributed by atoms with Gasteiger partial charge in [0.05, 0.1) is 28.4 Å². The number of para-hydroxylation sites is 2. The zero-order valence-electron chi connectivity index (χ0n) is 28.4. The molecule has 50 heavy (non-hydrogen) atoms. The lowest BCUT2D eigenvalue weighted by molar-refractivity contribution is 0.412. The smallest absolute Gasteiger partial charge is 0.488 e. The molecule has 13 heteroatoms. The van der Waals surface area contributed by atoms with Crippen LogP contribution in [0, 0.1) is 11.6 Å². The molecule has 2 N–H and O–H groups in total. The molecule has 0 saturated carbocycles. The van der Waals surface area contributed by atoms with E-state index in [1.165, 1.54) is 30.3 Å². The molecular weight excluding hydrogens is 667 g/mol. The van der Waals surface area contributed by atoms with Gasteiger partial charge in [-0.15, -0.1) is 0 Å². The van der Waals surface area contributed by atoms with E-state index >= 15 is 0 Å². The zero-order valence-corrected chi connectivity index (χ0v) is 29.2. The molecule has 2 heterocycles. The summed E-state index contributed by atoms with van der Waals surface area (Å²) in [5.74, 6) is 1.77. The Kier molecular flexibility index (Phi) is 15.4. The normalized spacial score (nSPS) is 10.2. The Hall–Kier alpha value is -5.30. The van der Waals surface area contributed by atoms with E-state index in [-0.39, 0.29) is 11.3 Å². The molecule has 0 radical (unpaired) electrons. The van der Waals surface area contributed by atoms with E-state index in [4.69, 9.17) is 40.6 Å². The number of aromatic nitrogens is 2. The molecular formula is C37H37BClF2N3O6. The average molecular weight is 704 g/mol. The first-order valence-electron chi connectivity index (χ1n) is 15.0. The van der Waals surface area contributed by atoms with E-state index in [2.05, 4.69) is 15.0 Å². The van der Waals surface area contributed by atoms with Gasteiger partial charge in [0.15, 0.2) is 10.9 Å². The summed E-state index contributed by atoms with van der Waals surface area (Å²) in [4.78, 5) is 12.5. The summed E-state index contributed by atoms with van der Waals surface area (Å²) in [6.45, 7) is 1.89. The molecule has 6 aromatic rings. The van der Waals surface area contributed by atoms with Gasteiger partial charge < -0.3 is 34.0 Å². The highest BCUT2D eigenvalue weighted by Crippen LogP contribution is 2.35. The largest absolute Gasteiger partial charge is 0.494 e. The van der Waals surface area contributed by atoms with Crippen molar-refractivity contribution in [3.05, 3.63) is 114 Å². The predicted octanol–water partition coefficient (Wildman–Crippen LogP) is 7.18. The maximum atomic E-state index is 13.5. The summed E-state index contributed by atoms with van der Waals surface area (Å²) in [6, 6.07) is 26.5. The number of fused-ring (bicyclic) bond motifs is 2. The minimum atomic E-state index is -1.59. The molecule has 0 aliphatic rings. The van der Waals surface area contributed by atoms with Crippen molar-refractivity contribution in [2.45, 2.75) is 6.92 Å². The minimum Gasteiger partial charge on any atom is -0.494 e. The van der Waals surface area contributed by atoms with Gasteiger partial charge in [0.2, 0.25) is 0 Å². The summed E-state index contributed by atoms with van der Waals surface area (Å²) in [5.41, 5.74) is 2.89. The summed E-state index contributed by atoms with van der Waals surface area (Å²) < 4.78 is 46.8. The fourth-order valence-corrected chi connectivity index (χ4v) is 4.64. The van der Waals surface area contributed by atoms with Crippen LogP contribution in [0.3, 0.4) is 0 Å². The first-order chi connectivity index (χ1) is 24.1. The Labute approximate surface area is 294 Å². The SMILES string of the molecule is CC=NC.COc1cc2cccc(OC)c2nc1-c1cccc(F)c1.COc1cc2cccc(OC)c2nc1Cl.OB(O)c1cccc(F)c1. The van der Waals surface area contributed by atoms with E-state index in [1.807, 2.05) is 55.5 Å². The van der Waals surface area contributed by atoms with Gasteiger partial charge >= 0.3 is 7.12 Å². The van der Waals surface area contributed by atoms with Gasteiger partial charge in [-0.25, -0.2) is 18.7 Å². The summed E-state index contributed by atoms with van der Waals surface area (Å²) in [6.07, 6.45) is 1.75. The van der Waals surface area contributed by atoms with E-state index < -0.39 is 12.9 Å². The van der Waals surface area contributed by atoms with Crippen molar-refractivity contribution in [3.8, 4) is 34.3 Å². The molecule has 6 rings (SSSR count). The van der Waals surface area contributed by atoms with Crippen LogP contribution in [0.25, 0.3) is 33.1 Å². The topological polar surface area (TPSA) is 116 Å². The van der Waals surface area contributed by atoms with E-state index in [9.17, 15) is 8.78 Å². The second-order valence-corrected chi connectivity index (χ2v) is 10.4. The number of rotatable bonds is 6. The summed E-state index contributed by atoms with van der Waals surface area (Å²) in [7, 11) is 6.51. The standard InChI is InChI=1S/C17H14FNO2.C11H10ClNO2.C6H6BFO2.C3H7N/c1-20-14-8-4-6-12-10-15(21-2)17(19-16(12)14)11-5-3-7-13(18)9-11;1-14-8-5-3-4-7-6-9(15-2)11(12)13-10(7)8;8-6-3-1-2-5(4-6)7(9)10;1-3-4-2/h3-10H,1-2H3;3-6H,1-2H3;1-4,9-10H;3H,1-2H3. The van der Waals surface area contributed by atoms with E-state index in [1.54, 1.807) is 53.8 Å². The Morgan fingerprint density at radius 1 is 0.660 bits per heavy atom. The number of benzene rings is 4. The number of methoxy groups -OCH3 is 4. The lowest BCUT2D eigenvalue weighted by Crippen LogP contribution is -2.29. The van der Waals surface area contributed by atoms with Gasteiger partial charge in [-0.05, 0) is 67.1 Å². The van der Waals surface area contributed by atoms with Gasteiger partial charge in [-0.2, -0.15) is 0 Å². The third-order valence-corrected chi connectivity index (χ3v) is 7.16. The summed E-state index contributed by atoms with van der Waals surface area (Å²) in [5, 5.41) is 19.3. The highest BCUT2D eigenvalue weighted by atomic mass is 35.5. The van der Waals surface area contributed by atoms with Gasteiger partial charge in [0.25, 0.3) is 0 Å². The molecule has 2 aromatic heterocycles. The minimum absolute atomic E-state index is 0.167. The lowest BCUT2D eigenvalue weighted by Gasteiger charge is -2.11. The number of hydrogen-bond donors (Lipinski definition) is 2. The van der Waals surface area contributed by atoms with Gasteiger partial charge in [-0.3, -0.25) is 0 Å². The van der Waals surface area contributed by atoms with Gasteiger partial charge in [0, 0.05) is 23.4 Å². The second kappa shape index (κ2) is 19.6. The molecule has 4 aromatic carbocycles. The third-order valence-electron chi connectivity index (χ3n) is 6.89. The molecule has 0 atom stereocenters. The van der Waals surface area contributed by atoms with Crippen molar-refractivity contribution < 1.29 is 37.8 Å². The fraction of sp³-hybridized carbons (Fsp3) is 0.162. The van der Waals surface area contributed by atoms with Gasteiger partial charge in [0.1, 0.15) is 45.6 Å². The predicted molar refractivity (Wildman–Crippen MR) is 196 cm³/mol. The van der Waals surface area contributed by atoms with Crippen LogP contribution in [0.5, 0.6) is 23.0 Å². The van der Waals surface area contributed by atoms with Crippen molar-refractivity contribution in [3.63, 3.8) is 0 Å². The molecule has 0 saturated heterocycles. The number of aliphatic imine (C=N–C) groups is 1. The molecule has 0 unspecified atom stereocenters. The molecule has 0 fully saturated rings. The zero-order chi connectivity index (χ0) is 36.6. The molecule has 0 aliphatic heterocycles. The maximum Gasteiger partial charge on any atom is 0.488 e. The highest BCUT2D eigenvalue weighted by Gasteiger charge is 2.13. The lowest BCUT2D eigenvalue weighted by atomic mass is 9.80. The van der Waals surface area contributed by atoms with Crippen LogP contribution in [-0.2, 0) is 0 Å². The van der Waals surface area contributed by atoms with Gasteiger partial charge in [-0.1, -0.05) is 60.1 Å². The molecule has 0 spiro atoms. The molecule has 9 nitrogen and oxygen atoms in total. The number of hydrogen-bond acceptors (Lipinski definition) is 9. The number of halogens is 3. The Morgan fingerprint density at radius 3 is 1.60 bits per heavy atom. The van der Waals surface area contributed by atoms with E-state index in [0.717, 1.165) is 27.9 Å². The number of ether oxygens (including phenoxy) is 4. The second-order valence-electron chi connectivity index (χ2n) is 10.0. The highest BCUT2D eigenvalue weighted by molar-refractivity contribution is 6.58.